The van der Waals surface area contributed by atoms with E-state index in [1.807, 2.05) is 11.8 Å². The largest absolute Gasteiger partial charge is 0.368 e. The lowest BCUT2D eigenvalue weighted by Gasteiger charge is -2.25. The molecule has 0 bridgehead atoms. The van der Waals surface area contributed by atoms with Gasteiger partial charge in [-0.05, 0) is 56.7 Å². The van der Waals surface area contributed by atoms with E-state index < -0.39 is 0 Å². The summed E-state index contributed by atoms with van der Waals surface area (Å²) in [6, 6.07) is 6.57. The average Bonchev–Trinajstić information content (AvgIpc) is 3.03. The molecule has 1 aromatic rings. The van der Waals surface area contributed by atoms with Crippen LogP contribution in [-0.4, -0.2) is 30.0 Å². The highest BCUT2D eigenvalue weighted by Crippen LogP contribution is 2.34. The Labute approximate surface area is 131 Å². The van der Waals surface area contributed by atoms with Gasteiger partial charge >= 0.3 is 0 Å². The number of hydrogen-bond acceptors (Lipinski definition) is 2. The maximum atomic E-state index is 12.7. The van der Waals surface area contributed by atoms with E-state index in [1.165, 1.54) is 11.1 Å². The Kier molecular flexibility index (Phi) is 4.23. The third-order valence-corrected chi connectivity index (χ3v) is 4.47. The SMILES string of the molecule is CC(Cl)Cc1ccc2c(c1)CC(C)N2C(=O)C1CCCO1. The summed E-state index contributed by atoms with van der Waals surface area (Å²) in [5, 5.41) is 0.131. The zero-order valence-electron chi connectivity index (χ0n) is 12.6. The Bertz CT molecular complexity index is 538. The highest BCUT2D eigenvalue weighted by atomic mass is 35.5. The van der Waals surface area contributed by atoms with Crippen LogP contribution in [-0.2, 0) is 22.4 Å². The van der Waals surface area contributed by atoms with Gasteiger partial charge in [0.1, 0.15) is 6.10 Å². The fourth-order valence-electron chi connectivity index (χ4n) is 3.40. The van der Waals surface area contributed by atoms with Crippen molar-refractivity contribution in [2.75, 3.05) is 11.5 Å². The number of anilines is 1. The minimum atomic E-state index is -0.249. The number of halogens is 1. The molecule has 0 N–H and O–H groups in total. The van der Waals surface area contributed by atoms with Crippen LogP contribution in [0.5, 0.6) is 0 Å². The van der Waals surface area contributed by atoms with Crippen LogP contribution in [0.4, 0.5) is 5.69 Å². The smallest absolute Gasteiger partial charge is 0.256 e. The molecule has 0 radical (unpaired) electrons. The number of carbonyl (C=O) groups is 1. The Morgan fingerprint density at radius 3 is 3.00 bits per heavy atom. The van der Waals surface area contributed by atoms with Gasteiger partial charge in [-0.1, -0.05) is 12.1 Å². The van der Waals surface area contributed by atoms with Crippen molar-refractivity contribution in [3.8, 4) is 0 Å². The second-order valence-corrected chi connectivity index (χ2v) is 6.96. The molecular formula is C17H22ClNO2. The molecule has 21 heavy (non-hydrogen) atoms. The second-order valence-electron chi connectivity index (χ2n) is 6.21. The van der Waals surface area contributed by atoms with Gasteiger partial charge in [0.25, 0.3) is 5.91 Å². The molecule has 2 aliphatic heterocycles. The molecule has 2 aliphatic rings. The lowest BCUT2D eigenvalue weighted by molar-refractivity contribution is -0.127. The fraction of sp³-hybridized carbons (Fsp3) is 0.588. The van der Waals surface area contributed by atoms with Gasteiger partial charge in [0.15, 0.2) is 0 Å². The summed E-state index contributed by atoms with van der Waals surface area (Å²) in [5.74, 6) is 0.122. The highest BCUT2D eigenvalue weighted by molar-refractivity contribution is 6.20. The van der Waals surface area contributed by atoms with Crippen LogP contribution in [0.1, 0.15) is 37.8 Å². The Hall–Kier alpha value is -1.06. The lowest BCUT2D eigenvalue weighted by atomic mass is 10.0. The highest BCUT2D eigenvalue weighted by Gasteiger charge is 2.36. The normalized spacial score (nSPS) is 26.0. The van der Waals surface area contributed by atoms with Crippen molar-refractivity contribution in [1.29, 1.82) is 0 Å². The van der Waals surface area contributed by atoms with Crippen molar-refractivity contribution in [1.82, 2.24) is 0 Å². The van der Waals surface area contributed by atoms with Crippen molar-refractivity contribution in [2.45, 2.75) is 57.1 Å². The molecule has 3 atom stereocenters. The first-order valence-electron chi connectivity index (χ1n) is 7.77. The van der Waals surface area contributed by atoms with Gasteiger partial charge in [0, 0.05) is 23.7 Å². The Morgan fingerprint density at radius 1 is 1.52 bits per heavy atom. The van der Waals surface area contributed by atoms with Crippen LogP contribution in [0, 0.1) is 0 Å². The third kappa shape index (κ3) is 2.95. The van der Waals surface area contributed by atoms with Crippen molar-refractivity contribution in [3.63, 3.8) is 0 Å². The van der Waals surface area contributed by atoms with Crippen LogP contribution >= 0.6 is 11.6 Å². The van der Waals surface area contributed by atoms with Crippen molar-refractivity contribution in [2.24, 2.45) is 0 Å². The molecule has 0 saturated carbocycles. The number of nitrogens with zero attached hydrogens (tertiary/aromatic N) is 1. The molecular weight excluding hydrogens is 286 g/mol. The first-order chi connectivity index (χ1) is 10.1. The summed E-state index contributed by atoms with van der Waals surface area (Å²) >= 11 is 6.08. The number of rotatable bonds is 3. The van der Waals surface area contributed by atoms with E-state index in [0.29, 0.717) is 6.61 Å². The van der Waals surface area contributed by atoms with Crippen LogP contribution in [0.15, 0.2) is 18.2 Å². The predicted octanol–water partition coefficient (Wildman–Crippen LogP) is 3.31. The number of amides is 1. The minimum Gasteiger partial charge on any atom is -0.368 e. The molecule has 1 amide bonds. The second kappa shape index (κ2) is 5.98. The summed E-state index contributed by atoms with van der Waals surface area (Å²) in [4.78, 5) is 14.6. The van der Waals surface area contributed by atoms with E-state index in [0.717, 1.165) is 31.4 Å². The molecule has 114 valence electrons. The quantitative estimate of drug-likeness (QED) is 0.802. The van der Waals surface area contributed by atoms with Crippen molar-refractivity contribution >= 4 is 23.2 Å². The third-order valence-electron chi connectivity index (χ3n) is 4.32. The van der Waals surface area contributed by atoms with Crippen LogP contribution in [0.3, 0.4) is 0 Å². The summed E-state index contributed by atoms with van der Waals surface area (Å²) in [6.07, 6.45) is 3.36. The summed E-state index contributed by atoms with van der Waals surface area (Å²) in [7, 11) is 0. The molecule has 4 heteroatoms. The van der Waals surface area contributed by atoms with E-state index in [4.69, 9.17) is 16.3 Å². The van der Waals surface area contributed by atoms with Gasteiger partial charge in [-0.25, -0.2) is 0 Å². The molecule has 1 fully saturated rings. The van der Waals surface area contributed by atoms with E-state index in [9.17, 15) is 4.79 Å². The molecule has 0 aliphatic carbocycles. The van der Waals surface area contributed by atoms with Crippen LogP contribution in [0.25, 0.3) is 0 Å². The van der Waals surface area contributed by atoms with Gasteiger partial charge in [-0.15, -0.1) is 11.6 Å². The van der Waals surface area contributed by atoms with Gasteiger partial charge in [0.05, 0.1) is 0 Å². The van der Waals surface area contributed by atoms with Gasteiger partial charge < -0.3 is 9.64 Å². The van der Waals surface area contributed by atoms with Gasteiger partial charge in [-0.2, -0.15) is 0 Å². The summed E-state index contributed by atoms with van der Waals surface area (Å²) < 4.78 is 5.56. The van der Waals surface area contributed by atoms with Gasteiger partial charge in [-0.3, -0.25) is 4.79 Å². The fourth-order valence-corrected chi connectivity index (χ4v) is 3.58. The van der Waals surface area contributed by atoms with Crippen molar-refractivity contribution in [3.05, 3.63) is 29.3 Å². The first kappa shape index (κ1) is 14.9. The number of ether oxygens (including phenoxy) is 1. The maximum Gasteiger partial charge on any atom is 0.256 e. The molecule has 1 aromatic carbocycles. The number of alkyl halides is 1. The molecule has 3 nitrogen and oxygen atoms in total. The topological polar surface area (TPSA) is 29.5 Å². The number of fused-ring (bicyclic) bond motifs is 1. The van der Waals surface area contributed by atoms with Crippen molar-refractivity contribution < 1.29 is 9.53 Å². The first-order valence-corrected chi connectivity index (χ1v) is 8.20. The standard InChI is InChI=1S/C17H22ClNO2/c1-11(18)8-13-5-6-15-14(10-13)9-12(2)19(15)17(20)16-4-3-7-21-16/h5-6,10-12,16H,3-4,7-9H2,1-2H3. The molecule has 3 unspecified atom stereocenters. The van der Waals surface area contributed by atoms with Crippen LogP contribution in [0.2, 0.25) is 0 Å². The Balaban J connectivity index is 1.84. The Morgan fingerprint density at radius 2 is 2.33 bits per heavy atom. The minimum absolute atomic E-state index is 0.122. The van der Waals surface area contributed by atoms with E-state index in [2.05, 4.69) is 25.1 Å². The summed E-state index contributed by atoms with van der Waals surface area (Å²) in [5.41, 5.74) is 3.55. The molecule has 0 aromatic heterocycles. The summed E-state index contributed by atoms with van der Waals surface area (Å²) in [6.45, 7) is 4.82. The monoisotopic (exact) mass is 307 g/mol. The zero-order chi connectivity index (χ0) is 15.0. The van der Waals surface area contributed by atoms with E-state index in [1.54, 1.807) is 0 Å². The maximum absolute atomic E-state index is 12.7. The lowest BCUT2D eigenvalue weighted by Crippen LogP contribution is -2.42. The number of hydrogen-bond donors (Lipinski definition) is 0. The predicted molar refractivity (Wildman–Crippen MR) is 85.1 cm³/mol. The molecule has 1 saturated heterocycles. The average molecular weight is 308 g/mol. The van der Waals surface area contributed by atoms with E-state index >= 15 is 0 Å². The molecule has 0 spiro atoms. The number of benzene rings is 1. The van der Waals surface area contributed by atoms with Gasteiger partial charge in [0.2, 0.25) is 0 Å². The zero-order valence-corrected chi connectivity index (χ0v) is 13.4. The van der Waals surface area contributed by atoms with Crippen LogP contribution < -0.4 is 4.90 Å². The number of carbonyl (C=O) groups excluding carboxylic acids is 1. The molecule has 2 heterocycles. The van der Waals surface area contributed by atoms with E-state index in [-0.39, 0.29) is 23.4 Å². The molecule has 3 rings (SSSR count).